The fourth-order valence-corrected chi connectivity index (χ4v) is 7.97. The lowest BCUT2D eigenvalue weighted by atomic mass is 10.1. The summed E-state index contributed by atoms with van der Waals surface area (Å²) in [5.41, 5.74) is 24.0. The van der Waals surface area contributed by atoms with Crippen LogP contribution in [0.5, 0.6) is 0 Å². The number of halogens is 1. The molecule has 3 atom stereocenters. The van der Waals surface area contributed by atoms with Gasteiger partial charge in [-0.3, -0.25) is 43.1 Å². The molecule has 408 valence electrons. The van der Waals surface area contributed by atoms with Gasteiger partial charge < -0.3 is 44.3 Å². The Hall–Kier alpha value is -5.11. The van der Waals surface area contributed by atoms with Crippen LogP contribution in [0.4, 0.5) is 0 Å². The van der Waals surface area contributed by atoms with Crippen LogP contribution in [-0.2, 0) is 52.4 Å². The van der Waals surface area contributed by atoms with Crippen LogP contribution in [0, 0.1) is 0 Å². The molecule has 0 aromatic heterocycles. The van der Waals surface area contributed by atoms with Gasteiger partial charge >= 0.3 is 25.5 Å². The normalized spacial score (nSPS) is 17.6. The minimum atomic E-state index is -4.09. The van der Waals surface area contributed by atoms with Crippen molar-refractivity contribution in [3.8, 4) is 0 Å². The molecule has 0 radical (unpaired) electrons. The highest BCUT2D eigenvalue weighted by molar-refractivity contribution is 9.09. The van der Waals surface area contributed by atoms with E-state index in [-0.39, 0.29) is 63.2 Å². The van der Waals surface area contributed by atoms with Gasteiger partial charge in [0.2, 0.25) is 5.91 Å². The molecule has 72 heavy (non-hydrogen) atoms. The molecular formula is C41H73BrN15O14P. The Morgan fingerprint density at radius 1 is 0.750 bits per heavy atom. The maximum atomic E-state index is 11.9. The molecule has 4 N–H and O–H groups in total. The second-order valence-corrected chi connectivity index (χ2v) is 18.5. The van der Waals surface area contributed by atoms with Gasteiger partial charge in [-0.05, 0) is 94.4 Å². The van der Waals surface area contributed by atoms with E-state index in [0.717, 1.165) is 89.8 Å². The first kappa shape index (κ1) is 66.9. The molecule has 29 nitrogen and oxygen atoms in total. The average Bonchev–Trinajstić information content (AvgIpc) is 3.65. The standard InChI is InChI=1S/C23H45N8O6P.C8H10N4O4.C6H11BrO2.C4H7N3O2/c24-27-26-9-3-6-22(33)25-8-2-1-7-23(37-21-32)31-13-5-11-28-14-15-29(18-19-31)10-4-12-30(17-16-28)20-38(34,35)36;9-11-10-5-1-2-8(15)16-12-6(13)3-4-7(12)14;1-2-9-6(8)4-3-5-7;5-7-6-3-1-2-4(8)9/h21,23H,1-20H2,(H,25,33)(H2,34,35,36);1-5H2;2-5H2,1H3;1-3H2,(H,8,9). The molecule has 31 heteroatoms. The summed E-state index contributed by atoms with van der Waals surface area (Å²) in [4.78, 5) is 117. The number of hydrogen-bond acceptors (Lipinski definition) is 18. The van der Waals surface area contributed by atoms with Gasteiger partial charge in [0.15, 0.2) is 6.23 Å². The van der Waals surface area contributed by atoms with Crippen LogP contribution >= 0.6 is 23.5 Å². The van der Waals surface area contributed by atoms with Crippen LogP contribution in [0.3, 0.4) is 0 Å². The number of carbonyl (C=O) groups is 7. The smallest absolute Gasteiger partial charge is 0.339 e. The third-order valence-corrected chi connectivity index (χ3v) is 11.7. The van der Waals surface area contributed by atoms with E-state index in [2.05, 4.69) is 75.6 Å². The largest absolute Gasteiger partial charge is 0.481 e. The number of carboxylic acids is 1. The molecule has 3 aliphatic rings. The maximum absolute atomic E-state index is 11.9. The number of nitrogens with zero attached hydrogens (tertiary/aromatic N) is 14. The Bertz CT molecular complexity index is 1800. The lowest BCUT2D eigenvalue weighted by Gasteiger charge is -2.37. The highest BCUT2D eigenvalue weighted by atomic mass is 79.9. The van der Waals surface area contributed by atoms with Crippen molar-refractivity contribution in [2.45, 2.75) is 109 Å². The summed E-state index contributed by atoms with van der Waals surface area (Å²) in [6.07, 6.45) is 6.70. The molecule has 0 saturated carbocycles. The number of amides is 3. The minimum Gasteiger partial charge on any atom is -0.481 e. The third kappa shape index (κ3) is 37.6. The zero-order valence-corrected chi connectivity index (χ0v) is 43.7. The number of nitrogens with one attached hydrogen (secondary N) is 1. The van der Waals surface area contributed by atoms with Crippen molar-refractivity contribution < 1.29 is 67.3 Å². The monoisotopic (exact) mass is 1110 g/mol. The zero-order chi connectivity index (χ0) is 53.8. The lowest BCUT2D eigenvalue weighted by molar-refractivity contribution is -0.197. The van der Waals surface area contributed by atoms with Crippen LogP contribution in [0.1, 0.15) is 103 Å². The highest BCUT2D eigenvalue weighted by Crippen LogP contribution is 2.35. The number of fused-ring (bicyclic) bond motifs is 3. The first-order valence-corrected chi connectivity index (χ1v) is 26.8. The zero-order valence-electron chi connectivity index (χ0n) is 41.2. The van der Waals surface area contributed by atoms with Gasteiger partial charge in [0, 0.05) is 137 Å². The van der Waals surface area contributed by atoms with Crippen molar-refractivity contribution in [1.82, 2.24) is 30.0 Å². The summed E-state index contributed by atoms with van der Waals surface area (Å²) in [6, 6.07) is 0. The summed E-state index contributed by atoms with van der Waals surface area (Å²) in [5, 5.41) is 22.1. The van der Waals surface area contributed by atoms with Gasteiger partial charge in [-0.15, -0.1) is 5.06 Å². The molecule has 0 spiro atoms. The second-order valence-electron chi connectivity index (χ2n) is 16.1. The highest BCUT2D eigenvalue weighted by Gasteiger charge is 2.32. The second kappa shape index (κ2) is 43.5. The molecule has 0 aromatic carbocycles. The first-order chi connectivity index (χ1) is 34.5. The lowest BCUT2D eigenvalue weighted by Crippen LogP contribution is -2.49. The van der Waals surface area contributed by atoms with Crippen molar-refractivity contribution in [2.75, 3.05) is 110 Å². The molecule has 3 aliphatic heterocycles. The number of imide groups is 1. The van der Waals surface area contributed by atoms with Crippen molar-refractivity contribution in [3.63, 3.8) is 0 Å². The Morgan fingerprint density at radius 3 is 1.83 bits per heavy atom. The molecule has 3 saturated heterocycles. The number of hydroxylamine groups is 2. The van der Waals surface area contributed by atoms with E-state index in [9.17, 15) is 47.9 Å². The van der Waals surface area contributed by atoms with Crippen molar-refractivity contribution in [3.05, 3.63) is 31.3 Å². The summed E-state index contributed by atoms with van der Waals surface area (Å²) < 4.78 is 21.7. The Kier molecular flexibility index (Phi) is 40.4. The average molecular weight is 1110 g/mol. The van der Waals surface area contributed by atoms with Gasteiger partial charge in [0.25, 0.3) is 18.3 Å². The molecule has 3 fully saturated rings. The number of carboxylic acid groups (broad SMARTS) is 1. The number of hydrogen-bond donors (Lipinski definition) is 4. The van der Waals surface area contributed by atoms with Gasteiger partial charge in [-0.2, -0.15) is 0 Å². The number of carbonyl (C=O) groups excluding carboxylic acids is 6. The van der Waals surface area contributed by atoms with E-state index in [1.54, 1.807) is 0 Å². The molecular weight excluding hydrogens is 1040 g/mol. The predicted molar refractivity (Wildman–Crippen MR) is 264 cm³/mol. The van der Waals surface area contributed by atoms with Crippen LogP contribution in [0.15, 0.2) is 15.3 Å². The number of ether oxygens (including phenoxy) is 2. The number of unbranched alkanes of at least 4 members (excludes halogenated alkanes) is 1. The third-order valence-electron chi connectivity index (χ3n) is 10.4. The van der Waals surface area contributed by atoms with Gasteiger partial charge in [0.05, 0.1) is 6.61 Å². The van der Waals surface area contributed by atoms with Crippen molar-refractivity contribution in [2.24, 2.45) is 15.3 Å². The van der Waals surface area contributed by atoms with Crippen LogP contribution in [-0.4, -0.2) is 198 Å². The number of rotatable bonds is 27. The van der Waals surface area contributed by atoms with E-state index >= 15 is 0 Å². The Labute approximate surface area is 427 Å². The van der Waals surface area contributed by atoms with Crippen molar-refractivity contribution >= 4 is 65.6 Å². The fraction of sp³-hybridized carbons (Fsp3) is 0.829. The van der Waals surface area contributed by atoms with E-state index in [1.165, 1.54) is 0 Å². The van der Waals surface area contributed by atoms with E-state index in [0.29, 0.717) is 82.8 Å². The van der Waals surface area contributed by atoms with Crippen LogP contribution in [0.2, 0.25) is 0 Å². The van der Waals surface area contributed by atoms with Crippen molar-refractivity contribution in [1.29, 1.82) is 0 Å². The van der Waals surface area contributed by atoms with Crippen LogP contribution < -0.4 is 5.32 Å². The SMILES string of the molecule is CCOC(=O)CCCBr.[N-]=[N+]=NCCCC(=O)NCCCCC(OC=O)N1CCCN2CCN(CCCN(CP(=O)(O)O)CC2)CC1.[N-]=[N+]=NCCCC(=O)O.[N-]=[N+]=NCCCC(=O)ON1C(=O)CCC1=O. The van der Waals surface area contributed by atoms with E-state index < -0.39 is 31.3 Å². The fourth-order valence-electron chi connectivity index (χ4n) is 6.89. The maximum Gasteiger partial charge on any atom is 0.339 e. The summed E-state index contributed by atoms with van der Waals surface area (Å²) in [6.45, 7) is 12.1. The van der Waals surface area contributed by atoms with Crippen LogP contribution in [0.25, 0.3) is 31.3 Å². The molecule has 0 aromatic rings. The number of esters is 1. The molecule has 2 bridgehead atoms. The quantitative estimate of drug-likeness (QED) is 0.0101. The first-order valence-electron chi connectivity index (χ1n) is 23.9. The van der Waals surface area contributed by atoms with E-state index in [1.807, 2.05) is 11.8 Å². The Balaban J connectivity index is 0.00000120. The summed E-state index contributed by atoms with van der Waals surface area (Å²) in [5.74, 6) is -2.71. The number of aliphatic carboxylic acids is 1. The number of alkyl halides is 1. The molecule has 3 heterocycles. The van der Waals surface area contributed by atoms with Gasteiger partial charge in [0.1, 0.15) is 6.29 Å². The molecule has 3 amide bonds. The van der Waals surface area contributed by atoms with Gasteiger partial charge in [-0.25, -0.2) is 4.79 Å². The van der Waals surface area contributed by atoms with Gasteiger partial charge in [-0.1, -0.05) is 31.3 Å². The summed E-state index contributed by atoms with van der Waals surface area (Å²) in [7, 11) is -4.09. The predicted octanol–water partition coefficient (Wildman–Crippen LogP) is 4.58. The summed E-state index contributed by atoms with van der Waals surface area (Å²) >= 11 is 3.22. The Morgan fingerprint density at radius 2 is 1.29 bits per heavy atom. The minimum absolute atomic E-state index is 0.00389. The number of azide groups is 3. The molecule has 0 aliphatic carbocycles. The molecule has 3 unspecified atom stereocenters. The topological polar surface area (TPSA) is 399 Å². The van der Waals surface area contributed by atoms with E-state index in [4.69, 9.17) is 26.4 Å². The molecule has 3 rings (SSSR count).